The van der Waals surface area contributed by atoms with Gasteiger partial charge in [-0.15, -0.1) is 0 Å². The lowest BCUT2D eigenvalue weighted by Crippen LogP contribution is -2.10. The number of hydrogen-bond acceptors (Lipinski definition) is 5. The second kappa shape index (κ2) is 4.73. The normalized spacial score (nSPS) is 11.8. The van der Waals surface area contributed by atoms with Gasteiger partial charge in [-0.2, -0.15) is 15.1 Å². The molecule has 3 rings (SSSR count). The Labute approximate surface area is 122 Å². The molecule has 3 N–H and O–H groups in total. The van der Waals surface area contributed by atoms with Gasteiger partial charge in [0.15, 0.2) is 5.65 Å². The van der Waals surface area contributed by atoms with E-state index in [1.165, 1.54) is 5.56 Å². The highest BCUT2D eigenvalue weighted by Gasteiger charge is 2.14. The van der Waals surface area contributed by atoms with E-state index in [4.69, 9.17) is 10.5 Å². The quantitative estimate of drug-likeness (QED) is 0.754. The standard InChI is InChI=1S/C15H17N5O/c1-15(2,3)9-4-6-10(7-5-9)21-13-11-8-17-20-12(11)18-14(16)19-13/h4-8H,1-3H3,(H3,16,17,18,19,20). The van der Waals surface area contributed by atoms with Crippen molar-refractivity contribution in [2.75, 3.05) is 5.73 Å². The molecule has 6 nitrogen and oxygen atoms in total. The number of hydrogen-bond donors (Lipinski definition) is 2. The third kappa shape index (κ3) is 2.65. The molecule has 1 aromatic carbocycles. The fourth-order valence-corrected chi connectivity index (χ4v) is 2.04. The molecule has 6 heteroatoms. The van der Waals surface area contributed by atoms with Crippen molar-refractivity contribution in [2.45, 2.75) is 26.2 Å². The van der Waals surface area contributed by atoms with E-state index in [1.54, 1.807) is 6.20 Å². The summed E-state index contributed by atoms with van der Waals surface area (Å²) in [6.07, 6.45) is 1.62. The van der Waals surface area contributed by atoms with Gasteiger partial charge in [-0.25, -0.2) is 0 Å². The largest absolute Gasteiger partial charge is 0.438 e. The number of nitrogen functional groups attached to an aromatic ring is 1. The van der Waals surface area contributed by atoms with Gasteiger partial charge in [0.25, 0.3) is 0 Å². The zero-order valence-corrected chi connectivity index (χ0v) is 12.2. The first-order valence-electron chi connectivity index (χ1n) is 6.68. The molecule has 0 bridgehead atoms. The van der Waals surface area contributed by atoms with Crippen molar-refractivity contribution >= 4 is 17.0 Å². The molecule has 0 aliphatic rings. The summed E-state index contributed by atoms with van der Waals surface area (Å²) in [6.45, 7) is 6.51. The molecule has 3 aromatic rings. The number of aromatic nitrogens is 4. The molecule has 0 amide bonds. The fourth-order valence-electron chi connectivity index (χ4n) is 2.04. The number of nitrogens with two attached hydrogens (primary N) is 1. The van der Waals surface area contributed by atoms with Crippen LogP contribution in [0.4, 0.5) is 5.95 Å². The number of rotatable bonds is 2. The summed E-state index contributed by atoms with van der Waals surface area (Å²) in [5.74, 6) is 1.24. The predicted octanol–water partition coefficient (Wildman–Crippen LogP) is 3.02. The summed E-state index contributed by atoms with van der Waals surface area (Å²) in [5, 5.41) is 7.38. The fraction of sp³-hybridized carbons (Fsp3) is 0.267. The molecule has 0 saturated carbocycles. The van der Waals surface area contributed by atoms with E-state index in [0.29, 0.717) is 22.7 Å². The Morgan fingerprint density at radius 2 is 1.81 bits per heavy atom. The smallest absolute Gasteiger partial charge is 0.235 e. The van der Waals surface area contributed by atoms with E-state index >= 15 is 0 Å². The van der Waals surface area contributed by atoms with Gasteiger partial charge in [0.05, 0.1) is 6.20 Å². The Morgan fingerprint density at radius 3 is 2.48 bits per heavy atom. The molecule has 0 radical (unpaired) electrons. The van der Waals surface area contributed by atoms with Crippen LogP contribution < -0.4 is 10.5 Å². The summed E-state index contributed by atoms with van der Waals surface area (Å²) in [5.41, 5.74) is 7.58. The van der Waals surface area contributed by atoms with Crippen LogP contribution in [-0.2, 0) is 5.41 Å². The maximum absolute atomic E-state index is 5.81. The number of nitrogens with one attached hydrogen (secondary N) is 1. The van der Waals surface area contributed by atoms with Crippen LogP contribution in [-0.4, -0.2) is 20.2 Å². The molecular weight excluding hydrogens is 266 g/mol. The molecule has 0 aliphatic carbocycles. The molecule has 21 heavy (non-hydrogen) atoms. The van der Waals surface area contributed by atoms with Crippen molar-refractivity contribution in [3.8, 4) is 11.6 Å². The van der Waals surface area contributed by atoms with Gasteiger partial charge in [-0.1, -0.05) is 32.9 Å². The van der Waals surface area contributed by atoms with Crippen molar-refractivity contribution in [3.63, 3.8) is 0 Å². The summed E-state index contributed by atoms with van der Waals surface area (Å²) in [4.78, 5) is 8.18. The van der Waals surface area contributed by atoms with Crippen LogP contribution in [0.3, 0.4) is 0 Å². The average molecular weight is 283 g/mol. The number of fused-ring (bicyclic) bond motifs is 1. The lowest BCUT2D eigenvalue weighted by atomic mass is 9.87. The van der Waals surface area contributed by atoms with Gasteiger partial charge in [0.1, 0.15) is 11.1 Å². The Hall–Kier alpha value is -2.63. The summed E-state index contributed by atoms with van der Waals surface area (Å²) in [6, 6.07) is 7.94. The SMILES string of the molecule is CC(C)(C)c1ccc(Oc2nc(N)nc3[nH]ncc23)cc1. The molecule has 0 spiro atoms. The molecule has 2 aromatic heterocycles. The van der Waals surface area contributed by atoms with Gasteiger partial charge < -0.3 is 10.5 Å². The molecule has 0 fully saturated rings. The summed E-state index contributed by atoms with van der Waals surface area (Å²) >= 11 is 0. The maximum atomic E-state index is 5.81. The lowest BCUT2D eigenvalue weighted by molar-refractivity contribution is 0.468. The topological polar surface area (TPSA) is 89.7 Å². The van der Waals surface area contributed by atoms with Gasteiger partial charge in [-0.05, 0) is 23.1 Å². The van der Waals surface area contributed by atoms with Gasteiger partial charge >= 0.3 is 0 Å². The van der Waals surface area contributed by atoms with Gasteiger partial charge in [0.2, 0.25) is 11.8 Å². The lowest BCUT2D eigenvalue weighted by Gasteiger charge is -2.19. The van der Waals surface area contributed by atoms with Gasteiger partial charge in [0, 0.05) is 0 Å². The van der Waals surface area contributed by atoms with E-state index in [9.17, 15) is 0 Å². The van der Waals surface area contributed by atoms with Crippen molar-refractivity contribution in [3.05, 3.63) is 36.0 Å². The minimum Gasteiger partial charge on any atom is -0.438 e. The van der Waals surface area contributed by atoms with E-state index in [1.807, 2.05) is 24.3 Å². The number of H-pyrrole nitrogens is 1. The molecule has 0 aliphatic heterocycles. The van der Waals surface area contributed by atoms with Crippen LogP contribution in [0, 0.1) is 0 Å². The molecule has 2 heterocycles. The van der Waals surface area contributed by atoms with E-state index in [-0.39, 0.29) is 11.4 Å². The number of benzene rings is 1. The number of nitrogens with zero attached hydrogens (tertiary/aromatic N) is 3. The Morgan fingerprint density at radius 1 is 1.10 bits per heavy atom. The van der Waals surface area contributed by atoms with E-state index < -0.39 is 0 Å². The van der Waals surface area contributed by atoms with E-state index in [2.05, 4.69) is 40.9 Å². The van der Waals surface area contributed by atoms with Crippen LogP contribution in [0.15, 0.2) is 30.5 Å². The number of anilines is 1. The molecule has 0 saturated heterocycles. The maximum Gasteiger partial charge on any atom is 0.235 e. The van der Waals surface area contributed by atoms with Crippen molar-refractivity contribution in [2.24, 2.45) is 0 Å². The van der Waals surface area contributed by atoms with Crippen LogP contribution in [0.2, 0.25) is 0 Å². The molecule has 0 unspecified atom stereocenters. The van der Waals surface area contributed by atoms with E-state index in [0.717, 1.165) is 0 Å². The first-order valence-corrected chi connectivity index (χ1v) is 6.68. The number of aromatic amines is 1. The summed E-state index contributed by atoms with van der Waals surface area (Å²) in [7, 11) is 0. The third-order valence-electron chi connectivity index (χ3n) is 3.23. The van der Waals surface area contributed by atoms with Crippen LogP contribution >= 0.6 is 0 Å². The first kappa shape index (κ1) is 13.4. The minimum atomic E-state index is 0.107. The van der Waals surface area contributed by atoms with Crippen molar-refractivity contribution in [1.29, 1.82) is 0 Å². The van der Waals surface area contributed by atoms with Crippen LogP contribution in [0.5, 0.6) is 11.6 Å². The zero-order valence-electron chi connectivity index (χ0n) is 12.2. The number of ether oxygens (including phenoxy) is 1. The average Bonchev–Trinajstić information content (AvgIpc) is 2.86. The highest BCUT2D eigenvalue weighted by molar-refractivity contribution is 5.80. The summed E-state index contributed by atoms with van der Waals surface area (Å²) < 4.78 is 5.81. The second-order valence-electron chi connectivity index (χ2n) is 5.90. The van der Waals surface area contributed by atoms with Crippen LogP contribution in [0.25, 0.3) is 11.0 Å². The Balaban J connectivity index is 1.93. The van der Waals surface area contributed by atoms with Crippen molar-refractivity contribution < 1.29 is 4.74 Å². The van der Waals surface area contributed by atoms with Crippen LogP contribution in [0.1, 0.15) is 26.3 Å². The van der Waals surface area contributed by atoms with Gasteiger partial charge in [-0.3, -0.25) is 5.10 Å². The minimum absolute atomic E-state index is 0.107. The Kier molecular flexibility index (Phi) is 3.01. The monoisotopic (exact) mass is 283 g/mol. The molecule has 0 atom stereocenters. The molecule has 108 valence electrons. The molecular formula is C15H17N5O. The predicted molar refractivity (Wildman–Crippen MR) is 81.3 cm³/mol. The zero-order chi connectivity index (χ0) is 15.0. The highest BCUT2D eigenvalue weighted by Crippen LogP contribution is 2.29. The Bertz CT molecular complexity index is 771. The second-order valence-corrected chi connectivity index (χ2v) is 5.90. The third-order valence-corrected chi connectivity index (χ3v) is 3.23. The van der Waals surface area contributed by atoms with Crippen molar-refractivity contribution in [1.82, 2.24) is 20.2 Å². The first-order chi connectivity index (χ1) is 9.93. The highest BCUT2D eigenvalue weighted by atomic mass is 16.5.